The number of likely N-dealkylation sites (tertiary alicyclic amines) is 1. The van der Waals surface area contributed by atoms with Gasteiger partial charge < -0.3 is 4.90 Å². The fourth-order valence-corrected chi connectivity index (χ4v) is 4.58. The van der Waals surface area contributed by atoms with Crippen molar-refractivity contribution >= 4 is 17.5 Å². The molecule has 1 heterocycles. The summed E-state index contributed by atoms with van der Waals surface area (Å²) in [5.41, 5.74) is 1.38. The highest BCUT2D eigenvalue weighted by molar-refractivity contribution is 6.30. The summed E-state index contributed by atoms with van der Waals surface area (Å²) in [6, 6.07) is 7.65. The lowest BCUT2D eigenvalue weighted by Gasteiger charge is -2.39. The van der Waals surface area contributed by atoms with Crippen molar-refractivity contribution < 1.29 is 4.79 Å². The molecule has 3 rings (SSSR count). The van der Waals surface area contributed by atoms with E-state index in [-0.39, 0.29) is 11.3 Å². The van der Waals surface area contributed by atoms with Gasteiger partial charge in [0, 0.05) is 23.2 Å². The summed E-state index contributed by atoms with van der Waals surface area (Å²) < 4.78 is 0. The van der Waals surface area contributed by atoms with Crippen molar-refractivity contribution in [2.24, 2.45) is 10.8 Å². The minimum atomic E-state index is 0.160. The first-order chi connectivity index (χ1) is 9.28. The topological polar surface area (TPSA) is 20.3 Å². The number of hydrogen-bond acceptors (Lipinski definition) is 1. The number of carbonyl (C=O) groups is 1. The molecule has 1 saturated carbocycles. The van der Waals surface area contributed by atoms with Crippen molar-refractivity contribution in [1.29, 1.82) is 0 Å². The Balaban J connectivity index is 1.85. The van der Waals surface area contributed by atoms with Gasteiger partial charge in [-0.1, -0.05) is 32.4 Å². The average Bonchev–Trinajstić information content (AvgIpc) is 2.58. The Morgan fingerprint density at radius 3 is 2.50 bits per heavy atom. The molecule has 1 amide bonds. The Kier molecular flexibility index (Phi) is 3.13. The van der Waals surface area contributed by atoms with Crippen LogP contribution < -0.4 is 0 Å². The third-order valence-electron chi connectivity index (χ3n) is 4.77. The molecule has 1 aliphatic heterocycles. The SMILES string of the molecule is CC1(C)CC2CC(C)(CN2C(=O)c2ccc(Cl)cc2)C1. The second-order valence-corrected chi connectivity index (χ2v) is 8.09. The number of fused-ring (bicyclic) bond motifs is 2. The quantitative estimate of drug-likeness (QED) is 0.752. The molecule has 2 aliphatic rings. The highest BCUT2D eigenvalue weighted by atomic mass is 35.5. The van der Waals surface area contributed by atoms with E-state index in [1.165, 1.54) is 6.42 Å². The monoisotopic (exact) mass is 291 g/mol. The van der Waals surface area contributed by atoms with Crippen molar-refractivity contribution in [2.75, 3.05) is 6.54 Å². The van der Waals surface area contributed by atoms with Crippen LogP contribution >= 0.6 is 11.6 Å². The summed E-state index contributed by atoms with van der Waals surface area (Å²) in [7, 11) is 0. The van der Waals surface area contributed by atoms with Crippen LogP contribution in [0.1, 0.15) is 50.4 Å². The van der Waals surface area contributed by atoms with Crippen LogP contribution in [0.5, 0.6) is 0 Å². The first-order valence-electron chi connectivity index (χ1n) is 7.35. The third kappa shape index (κ3) is 2.46. The van der Waals surface area contributed by atoms with Crippen molar-refractivity contribution in [3.05, 3.63) is 34.9 Å². The highest BCUT2D eigenvalue weighted by Gasteiger charge is 2.50. The zero-order valence-corrected chi connectivity index (χ0v) is 13.2. The summed E-state index contributed by atoms with van der Waals surface area (Å²) in [6.07, 6.45) is 3.47. The predicted molar refractivity (Wildman–Crippen MR) is 82.0 cm³/mol. The number of nitrogens with zero attached hydrogens (tertiary/aromatic N) is 1. The molecular weight excluding hydrogens is 270 g/mol. The van der Waals surface area contributed by atoms with Gasteiger partial charge in [-0.3, -0.25) is 4.79 Å². The van der Waals surface area contributed by atoms with E-state index in [0.717, 1.165) is 24.9 Å². The molecule has 2 unspecified atom stereocenters. The molecule has 20 heavy (non-hydrogen) atoms. The summed E-state index contributed by atoms with van der Waals surface area (Å²) in [6.45, 7) is 7.87. The number of carbonyl (C=O) groups excluding carboxylic acids is 1. The van der Waals surface area contributed by atoms with Crippen LogP contribution in [-0.4, -0.2) is 23.4 Å². The van der Waals surface area contributed by atoms with Crippen LogP contribution in [0, 0.1) is 10.8 Å². The molecule has 3 heteroatoms. The van der Waals surface area contributed by atoms with Gasteiger partial charge >= 0.3 is 0 Å². The van der Waals surface area contributed by atoms with E-state index in [1.54, 1.807) is 12.1 Å². The molecule has 0 spiro atoms. The smallest absolute Gasteiger partial charge is 0.254 e. The average molecular weight is 292 g/mol. The molecule has 0 radical (unpaired) electrons. The minimum absolute atomic E-state index is 0.160. The van der Waals surface area contributed by atoms with Gasteiger partial charge in [0.2, 0.25) is 0 Å². The van der Waals surface area contributed by atoms with Crippen LogP contribution in [0.25, 0.3) is 0 Å². The standard InChI is InChI=1S/C17H22ClNO/c1-16(2)8-14-9-17(3,10-16)11-19(14)15(20)12-4-6-13(18)7-5-12/h4-7,14H,8-11H2,1-3H3. The van der Waals surface area contributed by atoms with E-state index in [4.69, 9.17) is 11.6 Å². The first-order valence-corrected chi connectivity index (χ1v) is 7.72. The van der Waals surface area contributed by atoms with Gasteiger partial charge in [-0.05, 0) is 54.4 Å². The van der Waals surface area contributed by atoms with Crippen LogP contribution in [0.3, 0.4) is 0 Å². The summed E-state index contributed by atoms with van der Waals surface area (Å²) in [5.74, 6) is 0.160. The second kappa shape index (κ2) is 4.49. The zero-order chi connectivity index (χ0) is 14.5. The molecule has 0 aromatic heterocycles. The lowest BCUT2D eigenvalue weighted by molar-refractivity contribution is 0.0708. The van der Waals surface area contributed by atoms with E-state index in [2.05, 4.69) is 25.7 Å². The minimum Gasteiger partial charge on any atom is -0.335 e. The van der Waals surface area contributed by atoms with Gasteiger partial charge in [-0.15, -0.1) is 0 Å². The molecular formula is C17H22ClNO. The van der Waals surface area contributed by atoms with Crippen molar-refractivity contribution in [3.8, 4) is 0 Å². The van der Waals surface area contributed by atoms with Gasteiger partial charge in [0.05, 0.1) is 0 Å². The van der Waals surface area contributed by atoms with Crippen LogP contribution in [0.15, 0.2) is 24.3 Å². The number of rotatable bonds is 1. The van der Waals surface area contributed by atoms with Gasteiger partial charge in [0.15, 0.2) is 0 Å². The maximum absolute atomic E-state index is 12.7. The van der Waals surface area contributed by atoms with E-state index < -0.39 is 0 Å². The summed E-state index contributed by atoms with van der Waals surface area (Å²) in [4.78, 5) is 14.8. The Morgan fingerprint density at radius 2 is 1.85 bits per heavy atom. The van der Waals surface area contributed by atoms with Gasteiger partial charge in [-0.25, -0.2) is 0 Å². The van der Waals surface area contributed by atoms with E-state index in [9.17, 15) is 4.79 Å². The van der Waals surface area contributed by atoms with E-state index >= 15 is 0 Å². The van der Waals surface area contributed by atoms with Crippen LogP contribution in [0.4, 0.5) is 0 Å². The number of hydrogen-bond donors (Lipinski definition) is 0. The Labute approximate surface area is 126 Å². The largest absolute Gasteiger partial charge is 0.335 e. The third-order valence-corrected chi connectivity index (χ3v) is 5.02. The zero-order valence-electron chi connectivity index (χ0n) is 12.4. The van der Waals surface area contributed by atoms with Crippen molar-refractivity contribution in [2.45, 2.75) is 46.1 Å². The van der Waals surface area contributed by atoms with Crippen molar-refractivity contribution in [3.63, 3.8) is 0 Å². The Morgan fingerprint density at radius 1 is 1.20 bits per heavy atom. The molecule has 2 nitrogen and oxygen atoms in total. The van der Waals surface area contributed by atoms with Crippen molar-refractivity contribution in [1.82, 2.24) is 4.90 Å². The first kappa shape index (κ1) is 13.9. The van der Waals surface area contributed by atoms with Gasteiger partial charge in [0.25, 0.3) is 5.91 Å². The highest BCUT2D eigenvalue weighted by Crippen LogP contribution is 2.52. The van der Waals surface area contributed by atoms with E-state index in [1.807, 2.05) is 12.1 Å². The molecule has 1 aromatic rings. The number of halogens is 1. The lowest BCUT2D eigenvalue weighted by Crippen LogP contribution is -2.37. The molecule has 2 fully saturated rings. The summed E-state index contributed by atoms with van der Waals surface area (Å²) >= 11 is 5.90. The molecule has 1 aliphatic carbocycles. The van der Waals surface area contributed by atoms with Gasteiger partial charge in [0.1, 0.15) is 0 Å². The molecule has 1 saturated heterocycles. The predicted octanol–water partition coefficient (Wildman–Crippen LogP) is 4.38. The molecule has 2 atom stereocenters. The maximum atomic E-state index is 12.7. The van der Waals surface area contributed by atoms with Gasteiger partial charge in [-0.2, -0.15) is 0 Å². The van der Waals surface area contributed by atoms with E-state index in [0.29, 0.717) is 16.5 Å². The number of amides is 1. The van der Waals surface area contributed by atoms with Crippen LogP contribution in [0.2, 0.25) is 5.02 Å². The molecule has 0 N–H and O–H groups in total. The fraction of sp³-hybridized carbons (Fsp3) is 0.588. The normalized spacial score (nSPS) is 31.4. The second-order valence-electron chi connectivity index (χ2n) is 7.65. The van der Waals surface area contributed by atoms with Crippen LogP contribution in [-0.2, 0) is 0 Å². The number of benzene rings is 1. The Hall–Kier alpha value is -1.02. The Bertz CT molecular complexity index is 536. The fourth-order valence-electron chi connectivity index (χ4n) is 4.46. The molecule has 108 valence electrons. The molecule has 1 aromatic carbocycles. The summed E-state index contributed by atoms with van der Waals surface area (Å²) in [5, 5.41) is 0.676. The molecule has 2 bridgehead atoms. The maximum Gasteiger partial charge on any atom is 0.254 e. The lowest BCUT2D eigenvalue weighted by atomic mass is 9.65.